The average Bonchev–Trinajstić information content (AvgIpc) is 2.72. The lowest BCUT2D eigenvalue weighted by Gasteiger charge is -2.32. The number of anilines is 1. The van der Waals surface area contributed by atoms with Crippen molar-refractivity contribution in [1.82, 2.24) is 14.1 Å². The molecule has 0 atom stereocenters. The van der Waals surface area contributed by atoms with E-state index in [9.17, 15) is 18.0 Å². The molecule has 0 bridgehead atoms. The number of nitrogens with one attached hydrogen (secondary N) is 1. The molecule has 1 saturated heterocycles. The Morgan fingerprint density at radius 1 is 1.03 bits per heavy atom. The Morgan fingerprint density at radius 3 is 2.20 bits per heavy atom. The third kappa shape index (κ3) is 6.02. The molecule has 0 spiro atoms. The van der Waals surface area contributed by atoms with Crippen molar-refractivity contribution in [1.29, 1.82) is 0 Å². The molecule has 3 rings (SSSR count). The monoisotopic (exact) mass is 436 g/mol. The fraction of sp³-hybridized carbons (Fsp3) is 0.619. The van der Waals surface area contributed by atoms with Crippen molar-refractivity contribution in [2.45, 2.75) is 38.1 Å². The van der Waals surface area contributed by atoms with Gasteiger partial charge in [-0.15, -0.1) is 0 Å². The van der Waals surface area contributed by atoms with E-state index in [-0.39, 0.29) is 24.4 Å². The van der Waals surface area contributed by atoms with Gasteiger partial charge in [-0.25, -0.2) is 8.42 Å². The van der Waals surface area contributed by atoms with E-state index in [0.717, 1.165) is 51.4 Å². The van der Waals surface area contributed by atoms with Crippen molar-refractivity contribution in [2.75, 3.05) is 51.3 Å². The Kier molecular flexibility index (Phi) is 7.49. The van der Waals surface area contributed by atoms with Crippen LogP contribution in [0, 0.1) is 0 Å². The van der Waals surface area contributed by atoms with Gasteiger partial charge in [-0.2, -0.15) is 4.31 Å². The van der Waals surface area contributed by atoms with E-state index in [2.05, 4.69) is 10.2 Å². The normalized spacial score (nSPS) is 19.1. The lowest BCUT2D eigenvalue weighted by molar-refractivity contribution is -0.116. The SMILES string of the molecule is CN1CCN(C(=O)c2ccc(NC(=O)CN(C3CCCCC3)S(C)(=O)=O)cc2)CC1. The number of hydrogen-bond donors (Lipinski definition) is 1. The van der Waals surface area contributed by atoms with Crippen LogP contribution in [0.3, 0.4) is 0 Å². The molecule has 8 nitrogen and oxygen atoms in total. The highest BCUT2D eigenvalue weighted by Crippen LogP contribution is 2.24. The molecule has 1 aliphatic heterocycles. The molecule has 1 saturated carbocycles. The Morgan fingerprint density at radius 2 is 1.63 bits per heavy atom. The van der Waals surface area contributed by atoms with E-state index >= 15 is 0 Å². The Bertz CT molecular complexity index is 842. The van der Waals surface area contributed by atoms with Gasteiger partial charge in [-0.05, 0) is 44.2 Å². The molecule has 1 aliphatic carbocycles. The van der Waals surface area contributed by atoms with Gasteiger partial charge < -0.3 is 15.1 Å². The second kappa shape index (κ2) is 9.89. The maximum absolute atomic E-state index is 12.6. The molecule has 1 N–H and O–H groups in total. The summed E-state index contributed by atoms with van der Waals surface area (Å²) in [4.78, 5) is 29.2. The van der Waals surface area contributed by atoms with Gasteiger partial charge >= 0.3 is 0 Å². The molecule has 9 heteroatoms. The topological polar surface area (TPSA) is 90.0 Å². The highest BCUT2D eigenvalue weighted by molar-refractivity contribution is 7.88. The largest absolute Gasteiger partial charge is 0.336 e. The maximum Gasteiger partial charge on any atom is 0.253 e. The van der Waals surface area contributed by atoms with Crippen LogP contribution in [0.5, 0.6) is 0 Å². The van der Waals surface area contributed by atoms with E-state index < -0.39 is 10.0 Å². The van der Waals surface area contributed by atoms with Crippen LogP contribution in [0.4, 0.5) is 5.69 Å². The first-order valence-electron chi connectivity index (χ1n) is 10.6. The van der Waals surface area contributed by atoms with Crippen molar-refractivity contribution >= 4 is 27.5 Å². The zero-order chi connectivity index (χ0) is 21.7. The van der Waals surface area contributed by atoms with E-state index in [1.807, 2.05) is 11.9 Å². The van der Waals surface area contributed by atoms with Gasteiger partial charge in [0.05, 0.1) is 12.8 Å². The van der Waals surface area contributed by atoms with E-state index in [1.54, 1.807) is 24.3 Å². The van der Waals surface area contributed by atoms with Crippen molar-refractivity contribution in [3.05, 3.63) is 29.8 Å². The maximum atomic E-state index is 12.6. The van der Waals surface area contributed by atoms with Gasteiger partial charge in [0.2, 0.25) is 15.9 Å². The van der Waals surface area contributed by atoms with Crippen molar-refractivity contribution in [3.63, 3.8) is 0 Å². The van der Waals surface area contributed by atoms with Gasteiger partial charge in [0.25, 0.3) is 5.91 Å². The molecule has 30 heavy (non-hydrogen) atoms. The first-order valence-corrected chi connectivity index (χ1v) is 12.4. The van der Waals surface area contributed by atoms with Crippen molar-refractivity contribution < 1.29 is 18.0 Å². The third-order valence-electron chi connectivity index (χ3n) is 5.91. The summed E-state index contributed by atoms with van der Waals surface area (Å²) in [7, 11) is -1.43. The fourth-order valence-corrected chi connectivity index (χ4v) is 5.22. The average molecular weight is 437 g/mol. The van der Waals surface area contributed by atoms with Crippen LogP contribution in [0.25, 0.3) is 0 Å². The van der Waals surface area contributed by atoms with Crippen LogP contribution in [0.2, 0.25) is 0 Å². The number of rotatable bonds is 6. The lowest BCUT2D eigenvalue weighted by Crippen LogP contribution is -2.47. The summed E-state index contributed by atoms with van der Waals surface area (Å²) in [6.07, 6.45) is 5.84. The second-order valence-electron chi connectivity index (χ2n) is 8.32. The molecule has 2 aliphatic rings. The summed E-state index contributed by atoms with van der Waals surface area (Å²) in [6, 6.07) is 6.67. The number of hydrogen-bond acceptors (Lipinski definition) is 5. The first-order chi connectivity index (χ1) is 14.2. The molecular formula is C21H32N4O4S. The van der Waals surface area contributed by atoms with Crippen LogP contribution in [0.1, 0.15) is 42.5 Å². The van der Waals surface area contributed by atoms with Gasteiger partial charge in [0, 0.05) is 43.5 Å². The lowest BCUT2D eigenvalue weighted by atomic mass is 9.95. The van der Waals surface area contributed by atoms with E-state index in [1.165, 1.54) is 4.31 Å². The number of nitrogens with zero attached hydrogens (tertiary/aromatic N) is 3. The highest BCUT2D eigenvalue weighted by Gasteiger charge is 2.30. The summed E-state index contributed by atoms with van der Waals surface area (Å²) < 4.78 is 25.7. The summed E-state index contributed by atoms with van der Waals surface area (Å²) >= 11 is 0. The van der Waals surface area contributed by atoms with Gasteiger partial charge in [-0.3, -0.25) is 9.59 Å². The Balaban J connectivity index is 1.58. The molecule has 1 aromatic carbocycles. The smallest absolute Gasteiger partial charge is 0.253 e. The standard InChI is InChI=1S/C21H32N4O4S/c1-23-12-14-24(15-13-23)21(27)17-8-10-18(11-9-17)22-20(26)16-25(30(2,28)29)19-6-4-3-5-7-19/h8-11,19H,3-7,12-16H2,1-2H3,(H,22,26). The number of sulfonamides is 1. The summed E-state index contributed by atoms with van der Waals surface area (Å²) in [6.45, 7) is 2.94. The predicted octanol–water partition coefficient (Wildman–Crippen LogP) is 1.61. The summed E-state index contributed by atoms with van der Waals surface area (Å²) in [5, 5.41) is 2.76. The third-order valence-corrected chi connectivity index (χ3v) is 7.19. The molecule has 0 unspecified atom stereocenters. The fourth-order valence-electron chi connectivity index (χ4n) is 4.12. The molecule has 1 heterocycles. The first kappa shape index (κ1) is 22.7. The van der Waals surface area contributed by atoms with Crippen LogP contribution < -0.4 is 5.32 Å². The Hall–Kier alpha value is -1.97. The molecule has 0 radical (unpaired) electrons. The molecule has 2 amide bonds. The zero-order valence-corrected chi connectivity index (χ0v) is 18.7. The quantitative estimate of drug-likeness (QED) is 0.732. The van der Waals surface area contributed by atoms with Gasteiger partial charge in [-0.1, -0.05) is 19.3 Å². The minimum Gasteiger partial charge on any atom is -0.336 e. The minimum absolute atomic E-state index is 0.0125. The van der Waals surface area contributed by atoms with E-state index in [0.29, 0.717) is 24.3 Å². The van der Waals surface area contributed by atoms with Crippen LogP contribution in [0.15, 0.2) is 24.3 Å². The summed E-state index contributed by atoms with van der Waals surface area (Å²) in [5.74, 6) is -0.384. The molecule has 1 aromatic rings. The number of likely N-dealkylation sites (N-methyl/N-ethyl adjacent to an activating group) is 1. The molecule has 166 valence electrons. The van der Waals surface area contributed by atoms with Gasteiger partial charge in [0.1, 0.15) is 0 Å². The van der Waals surface area contributed by atoms with Gasteiger partial charge in [0.15, 0.2) is 0 Å². The number of amides is 2. The summed E-state index contributed by atoms with van der Waals surface area (Å²) in [5.41, 5.74) is 1.13. The zero-order valence-electron chi connectivity index (χ0n) is 17.8. The van der Waals surface area contributed by atoms with Crippen molar-refractivity contribution in [2.24, 2.45) is 0 Å². The van der Waals surface area contributed by atoms with Crippen molar-refractivity contribution in [3.8, 4) is 0 Å². The predicted molar refractivity (Wildman–Crippen MR) is 117 cm³/mol. The highest BCUT2D eigenvalue weighted by atomic mass is 32.2. The van der Waals surface area contributed by atoms with Crippen LogP contribution in [-0.2, 0) is 14.8 Å². The minimum atomic E-state index is -3.47. The molecular weight excluding hydrogens is 404 g/mol. The number of piperazine rings is 1. The van der Waals surface area contributed by atoms with E-state index in [4.69, 9.17) is 0 Å². The Labute approximate surface area is 179 Å². The van der Waals surface area contributed by atoms with Crippen LogP contribution >= 0.6 is 0 Å². The molecule has 2 fully saturated rings. The number of carbonyl (C=O) groups excluding carboxylic acids is 2. The number of carbonyl (C=O) groups is 2. The molecule has 0 aromatic heterocycles. The second-order valence-corrected chi connectivity index (χ2v) is 10.3. The van der Waals surface area contributed by atoms with Crippen LogP contribution in [-0.4, -0.2) is 86.4 Å². The number of benzene rings is 1.